The van der Waals surface area contributed by atoms with Gasteiger partial charge in [-0.1, -0.05) is 43.7 Å². The number of hydrogen-bond donors (Lipinski definition) is 1. The van der Waals surface area contributed by atoms with Crippen LogP contribution < -0.4 is 14.4 Å². The lowest BCUT2D eigenvalue weighted by Crippen LogP contribution is -2.48. The van der Waals surface area contributed by atoms with Gasteiger partial charge in [-0.15, -0.1) is 0 Å². The molecule has 9 heteroatoms. The molecule has 0 bridgehead atoms. The average molecular weight is 532 g/mol. The second kappa shape index (κ2) is 14.0. The van der Waals surface area contributed by atoms with E-state index in [2.05, 4.69) is 5.32 Å². The van der Waals surface area contributed by atoms with E-state index in [0.717, 1.165) is 17.4 Å². The van der Waals surface area contributed by atoms with Crippen LogP contribution in [0.2, 0.25) is 0 Å². The minimum absolute atomic E-state index is 0.108. The average Bonchev–Trinajstić information content (AvgIpc) is 2.84. The number of rotatable bonds is 14. The molecule has 2 aromatic rings. The van der Waals surface area contributed by atoms with E-state index in [-0.39, 0.29) is 24.8 Å². The summed E-state index contributed by atoms with van der Waals surface area (Å²) in [4.78, 5) is 27.7. The molecular formula is C28H41N3O5S. The third-order valence-electron chi connectivity index (χ3n) is 5.91. The van der Waals surface area contributed by atoms with E-state index in [0.29, 0.717) is 43.5 Å². The Bertz CT molecular complexity index is 1120. The fourth-order valence-corrected chi connectivity index (χ4v) is 4.77. The highest BCUT2D eigenvalue weighted by Crippen LogP contribution is 2.22. The minimum atomic E-state index is -3.56. The van der Waals surface area contributed by atoms with Crippen molar-refractivity contribution in [3.63, 3.8) is 0 Å². The SMILES string of the molecule is CCOc1ccc(N(CCCC(=O)N(Cc2ccc(C)cc2)[C@H](C)C(=O)NCC(C)C)S(C)(=O)=O)cc1. The molecule has 0 aliphatic carbocycles. The third-order valence-corrected chi connectivity index (χ3v) is 7.11. The zero-order valence-corrected chi connectivity index (χ0v) is 23.7. The highest BCUT2D eigenvalue weighted by molar-refractivity contribution is 7.92. The molecule has 0 unspecified atom stereocenters. The van der Waals surface area contributed by atoms with Crippen LogP contribution in [0, 0.1) is 12.8 Å². The van der Waals surface area contributed by atoms with Crippen LogP contribution in [0.3, 0.4) is 0 Å². The van der Waals surface area contributed by atoms with Gasteiger partial charge in [0.25, 0.3) is 0 Å². The van der Waals surface area contributed by atoms with Crippen LogP contribution >= 0.6 is 0 Å². The highest BCUT2D eigenvalue weighted by Gasteiger charge is 2.26. The Morgan fingerprint density at radius 3 is 2.16 bits per heavy atom. The molecule has 0 heterocycles. The van der Waals surface area contributed by atoms with Crippen molar-refractivity contribution >= 4 is 27.5 Å². The van der Waals surface area contributed by atoms with Gasteiger partial charge in [-0.2, -0.15) is 0 Å². The van der Waals surface area contributed by atoms with Gasteiger partial charge in [0, 0.05) is 26.1 Å². The largest absolute Gasteiger partial charge is 0.494 e. The quantitative estimate of drug-likeness (QED) is 0.396. The topological polar surface area (TPSA) is 96.0 Å². The molecule has 2 rings (SSSR count). The van der Waals surface area contributed by atoms with E-state index in [1.54, 1.807) is 36.1 Å². The van der Waals surface area contributed by atoms with E-state index < -0.39 is 16.1 Å². The predicted octanol–water partition coefficient (Wildman–Crippen LogP) is 4.13. The van der Waals surface area contributed by atoms with Gasteiger partial charge in [0.05, 0.1) is 18.6 Å². The number of carbonyl (C=O) groups excluding carboxylic acids is 2. The number of carbonyl (C=O) groups is 2. The number of amides is 2. The summed E-state index contributed by atoms with van der Waals surface area (Å²) in [6, 6.07) is 14.0. The molecular weight excluding hydrogens is 490 g/mol. The second-order valence-electron chi connectivity index (χ2n) is 9.69. The van der Waals surface area contributed by atoms with Crippen molar-refractivity contribution in [3.05, 3.63) is 59.7 Å². The first kappa shape index (κ1) is 30.2. The maximum Gasteiger partial charge on any atom is 0.242 e. The molecule has 1 atom stereocenters. The van der Waals surface area contributed by atoms with E-state index in [1.807, 2.05) is 52.0 Å². The first-order chi connectivity index (χ1) is 17.4. The fourth-order valence-electron chi connectivity index (χ4n) is 3.80. The molecule has 0 saturated heterocycles. The summed E-state index contributed by atoms with van der Waals surface area (Å²) in [6.07, 6.45) is 1.57. The van der Waals surface area contributed by atoms with Gasteiger partial charge < -0.3 is 15.0 Å². The van der Waals surface area contributed by atoms with Gasteiger partial charge in [0.15, 0.2) is 0 Å². The third kappa shape index (κ3) is 9.72. The van der Waals surface area contributed by atoms with Crippen molar-refractivity contribution in [2.45, 2.75) is 60.0 Å². The summed E-state index contributed by atoms with van der Waals surface area (Å²) in [6.45, 7) is 11.1. The Hall–Kier alpha value is -3.07. The summed E-state index contributed by atoms with van der Waals surface area (Å²) in [5.74, 6) is 0.544. The predicted molar refractivity (Wildman–Crippen MR) is 148 cm³/mol. The molecule has 204 valence electrons. The highest BCUT2D eigenvalue weighted by atomic mass is 32.2. The zero-order chi connectivity index (χ0) is 27.6. The Morgan fingerprint density at radius 1 is 1.00 bits per heavy atom. The zero-order valence-electron chi connectivity index (χ0n) is 22.9. The number of ether oxygens (including phenoxy) is 1. The van der Waals surface area contributed by atoms with Gasteiger partial charge in [-0.25, -0.2) is 8.42 Å². The molecule has 0 aromatic heterocycles. The molecule has 2 aromatic carbocycles. The molecule has 37 heavy (non-hydrogen) atoms. The van der Waals surface area contributed by atoms with E-state index in [9.17, 15) is 18.0 Å². The maximum atomic E-state index is 13.3. The van der Waals surface area contributed by atoms with E-state index >= 15 is 0 Å². The summed E-state index contributed by atoms with van der Waals surface area (Å²) >= 11 is 0. The number of benzene rings is 2. The Morgan fingerprint density at radius 2 is 1.62 bits per heavy atom. The van der Waals surface area contributed by atoms with Crippen molar-refractivity contribution in [3.8, 4) is 5.75 Å². The lowest BCUT2D eigenvalue weighted by molar-refractivity contribution is -0.140. The lowest BCUT2D eigenvalue weighted by atomic mass is 10.1. The van der Waals surface area contributed by atoms with Crippen LogP contribution in [0.1, 0.15) is 51.7 Å². The molecule has 8 nitrogen and oxygen atoms in total. The summed E-state index contributed by atoms with van der Waals surface area (Å²) in [7, 11) is -3.56. The van der Waals surface area contributed by atoms with Crippen molar-refractivity contribution in [1.29, 1.82) is 0 Å². The smallest absolute Gasteiger partial charge is 0.242 e. The Kier molecular flexibility index (Phi) is 11.4. The van der Waals surface area contributed by atoms with Crippen molar-refractivity contribution < 1.29 is 22.7 Å². The Balaban J connectivity index is 2.14. The maximum absolute atomic E-state index is 13.3. The fraction of sp³-hybridized carbons (Fsp3) is 0.500. The molecule has 0 fully saturated rings. The number of anilines is 1. The first-order valence-corrected chi connectivity index (χ1v) is 14.6. The van der Waals surface area contributed by atoms with Crippen LogP contribution in [0.25, 0.3) is 0 Å². The van der Waals surface area contributed by atoms with Gasteiger partial charge in [0.2, 0.25) is 21.8 Å². The van der Waals surface area contributed by atoms with Gasteiger partial charge in [-0.3, -0.25) is 13.9 Å². The van der Waals surface area contributed by atoms with Crippen LogP contribution in [0.5, 0.6) is 5.75 Å². The monoisotopic (exact) mass is 531 g/mol. The van der Waals surface area contributed by atoms with Crippen LogP contribution in [0.4, 0.5) is 5.69 Å². The summed E-state index contributed by atoms with van der Waals surface area (Å²) in [5, 5.41) is 2.91. The Labute approximate surface area is 222 Å². The molecule has 1 N–H and O–H groups in total. The summed E-state index contributed by atoms with van der Waals surface area (Å²) in [5.41, 5.74) is 2.55. The van der Waals surface area contributed by atoms with Crippen LogP contribution in [-0.2, 0) is 26.2 Å². The van der Waals surface area contributed by atoms with Gasteiger partial charge in [0.1, 0.15) is 11.8 Å². The summed E-state index contributed by atoms with van der Waals surface area (Å²) < 4.78 is 31.7. The number of aryl methyl sites for hydroxylation is 1. The molecule has 0 saturated carbocycles. The number of nitrogens with zero attached hydrogens (tertiary/aromatic N) is 2. The van der Waals surface area contributed by atoms with E-state index in [4.69, 9.17) is 4.74 Å². The normalized spacial score (nSPS) is 12.2. The standard InChI is InChI=1S/C28H41N3O5S/c1-7-36-26-16-14-25(15-17-26)31(37(6,34)35)18-8-9-27(32)30(20-24-12-10-22(4)11-13-24)23(5)28(33)29-19-21(2)3/h10-17,21,23H,7-9,18-20H2,1-6H3,(H,29,33)/t23-/m1/s1. The van der Waals surface area contributed by atoms with Crippen LogP contribution in [0.15, 0.2) is 48.5 Å². The van der Waals surface area contributed by atoms with Crippen molar-refractivity contribution in [2.24, 2.45) is 5.92 Å². The second-order valence-corrected chi connectivity index (χ2v) is 11.6. The van der Waals surface area contributed by atoms with Crippen molar-refractivity contribution in [1.82, 2.24) is 10.2 Å². The molecule has 2 amide bonds. The molecule has 0 radical (unpaired) electrons. The molecule has 0 aliphatic rings. The number of hydrogen-bond acceptors (Lipinski definition) is 5. The van der Waals surface area contributed by atoms with Crippen molar-refractivity contribution in [2.75, 3.05) is 30.3 Å². The first-order valence-electron chi connectivity index (χ1n) is 12.8. The van der Waals surface area contributed by atoms with Gasteiger partial charge >= 0.3 is 0 Å². The van der Waals surface area contributed by atoms with Gasteiger partial charge in [-0.05, 0) is 62.9 Å². The molecule has 0 spiro atoms. The molecule has 0 aliphatic heterocycles. The van der Waals surface area contributed by atoms with E-state index in [1.165, 1.54) is 4.31 Å². The van der Waals surface area contributed by atoms with Crippen LogP contribution in [-0.4, -0.2) is 57.1 Å². The lowest BCUT2D eigenvalue weighted by Gasteiger charge is -2.29. The number of nitrogens with one attached hydrogen (secondary N) is 1. The number of sulfonamides is 1. The minimum Gasteiger partial charge on any atom is -0.494 e.